The molecule has 1 aromatic heterocycles. The number of ether oxygens (including phenoxy) is 4. The van der Waals surface area contributed by atoms with E-state index in [0.29, 0.717) is 34.5 Å². The molecule has 0 radical (unpaired) electrons. The molecule has 188 valence electrons. The van der Waals surface area contributed by atoms with E-state index in [1.807, 2.05) is 0 Å². The Hall–Kier alpha value is -2.88. The van der Waals surface area contributed by atoms with Crippen molar-refractivity contribution in [2.24, 2.45) is 0 Å². The second-order valence-electron chi connectivity index (χ2n) is 8.58. The van der Waals surface area contributed by atoms with Crippen LogP contribution in [0.3, 0.4) is 0 Å². The first-order chi connectivity index (χ1) is 16.9. The zero-order chi connectivity index (χ0) is 24.9. The second kappa shape index (κ2) is 11.2. The third-order valence-electron chi connectivity index (χ3n) is 6.34. The van der Waals surface area contributed by atoms with Crippen LogP contribution >= 0.6 is 11.3 Å². The molecule has 1 aliphatic heterocycles. The standard InChI is InChI=1S/C26H33N3O5S/c1-17-13-20-23(14-18(17)2)35-26(27-20)29(8-6-7-28-9-11-34-12-10-28)25(30)19-15-21(31-3)24(33-5)22(16-19)32-4/h13-16H,6-12H2,1-5H3. The van der Waals surface area contributed by atoms with Gasteiger partial charge in [0.05, 0.1) is 44.8 Å². The predicted octanol–water partition coefficient (Wildman–Crippen LogP) is 4.31. The molecule has 0 bridgehead atoms. The molecule has 1 fully saturated rings. The number of carbonyl (C=O) groups is 1. The average Bonchev–Trinajstić information content (AvgIpc) is 3.28. The molecule has 9 heteroatoms. The number of methoxy groups -OCH3 is 3. The molecule has 35 heavy (non-hydrogen) atoms. The smallest absolute Gasteiger partial charge is 0.260 e. The molecule has 2 heterocycles. The maximum Gasteiger partial charge on any atom is 0.260 e. The Morgan fingerprint density at radius 1 is 1.03 bits per heavy atom. The summed E-state index contributed by atoms with van der Waals surface area (Å²) in [5.41, 5.74) is 3.76. The Bertz CT molecular complexity index is 1130. The van der Waals surface area contributed by atoms with Crippen LogP contribution in [-0.4, -0.2) is 76.5 Å². The molecule has 0 N–H and O–H groups in total. The van der Waals surface area contributed by atoms with Crippen molar-refractivity contribution < 1.29 is 23.7 Å². The van der Waals surface area contributed by atoms with Gasteiger partial charge in [0.1, 0.15) is 0 Å². The predicted molar refractivity (Wildman–Crippen MR) is 139 cm³/mol. The minimum Gasteiger partial charge on any atom is -0.493 e. The van der Waals surface area contributed by atoms with Gasteiger partial charge in [0.2, 0.25) is 5.75 Å². The van der Waals surface area contributed by atoms with E-state index in [-0.39, 0.29) is 5.91 Å². The van der Waals surface area contributed by atoms with Crippen LogP contribution in [0, 0.1) is 13.8 Å². The van der Waals surface area contributed by atoms with Crippen LogP contribution in [0.15, 0.2) is 24.3 Å². The second-order valence-corrected chi connectivity index (χ2v) is 9.59. The lowest BCUT2D eigenvalue weighted by molar-refractivity contribution is 0.0376. The summed E-state index contributed by atoms with van der Waals surface area (Å²) in [6.07, 6.45) is 0.824. The van der Waals surface area contributed by atoms with Crippen molar-refractivity contribution in [3.8, 4) is 17.2 Å². The van der Waals surface area contributed by atoms with Crippen LogP contribution in [0.2, 0.25) is 0 Å². The van der Waals surface area contributed by atoms with Gasteiger partial charge in [-0.2, -0.15) is 0 Å². The van der Waals surface area contributed by atoms with Gasteiger partial charge in [-0.1, -0.05) is 11.3 Å². The van der Waals surface area contributed by atoms with Crippen LogP contribution < -0.4 is 19.1 Å². The summed E-state index contributed by atoms with van der Waals surface area (Å²) < 4.78 is 22.9. The normalized spacial score (nSPS) is 14.2. The van der Waals surface area contributed by atoms with Crippen LogP contribution in [0.5, 0.6) is 17.2 Å². The van der Waals surface area contributed by atoms with Gasteiger partial charge in [-0.05, 0) is 55.7 Å². The number of hydrogen-bond acceptors (Lipinski definition) is 8. The highest BCUT2D eigenvalue weighted by molar-refractivity contribution is 7.22. The number of rotatable bonds is 9. The first-order valence-electron chi connectivity index (χ1n) is 11.7. The van der Waals surface area contributed by atoms with Crippen molar-refractivity contribution >= 4 is 32.6 Å². The molecule has 0 aliphatic carbocycles. The Balaban J connectivity index is 1.67. The van der Waals surface area contributed by atoms with Gasteiger partial charge in [-0.3, -0.25) is 14.6 Å². The van der Waals surface area contributed by atoms with Gasteiger partial charge in [-0.25, -0.2) is 4.98 Å². The molecule has 2 aromatic carbocycles. The molecule has 0 atom stereocenters. The lowest BCUT2D eigenvalue weighted by Gasteiger charge is -2.28. The molecule has 1 saturated heterocycles. The molecule has 0 saturated carbocycles. The average molecular weight is 500 g/mol. The van der Waals surface area contributed by atoms with E-state index in [2.05, 4.69) is 30.9 Å². The fourth-order valence-corrected chi connectivity index (χ4v) is 5.27. The van der Waals surface area contributed by atoms with Gasteiger partial charge >= 0.3 is 0 Å². The van der Waals surface area contributed by atoms with Gasteiger partial charge in [-0.15, -0.1) is 0 Å². The summed E-state index contributed by atoms with van der Waals surface area (Å²) in [4.78, 5) is 22.9. The molecule has 1 aliphatic rings. The maximum atomic E-state index is 13.9. The lowest BCUT2D eigenvalue weighted by atomic mass is 10.1. The summed E-state index contributed by atoms with van der Waals surface area (Å²) >= 11 is 1.54. The lowest BCUT2D eigenvalue weighted by Crippen LogP contribution is -2.39. The minimum absolute atomic E-state index is 0.154. The highest BCUT2D eigenvalue weighted by atomic mass is 32.1. The number of anilines is 1. The van der Waals surface area contributed by atoms with Gasteiger partial charge < -0.3 is 18.9 Å². The third kappa shape index (κ3) is 5.52. The number of amides is 1. The van der Waals surface area contributed by atoms with Crippen molar-refractivity contribution in [2.75, 3.05) is 65.6 Å². The number of thiazole rings is 1. The Morgan fingerprint density at radius 2 is 1.69 bits per heavy atom. The largest absolute Gasteiger partial charge is 0.493 e. The van der Waals surface area contributed by atoms with Crippen LogP contribution in [-0.2, 0) is 4.74 Å². The number of carbonyl (C=O) groups excluding carboxylic acids is 1. The number of hydrogen-bond donors (Lipinski definition) is 0. The highest BCUT2D eigenvalue weighted by Gasteiger charge is 2.25. The van der Waals surface area contributed by atoms with Gasteiger partial charge in [0, 0.05) is 31.7 Å². The first kappa shape index (κ1) is 25.2. The molecule has 0 spiro atoms. The molecule has 4 rings (SSSR count). The SMILES string of the molecule is COc1cc(C(=O)N(CCCN2CCOCC2)c2nc3cc(C)c(C)cc3s2)cc(OC)c1OC. The van der Waals surface area contributed by atoms with Crippen LogP contribution in [0.25, 0.3) is 10.2 Å². The van der Waals surface area contributed by atoms with Crippen molar-refractivity contribution in [3.63, 3.8) is 0 Å². The van der Waals surface area contributed by atoms with E-state index < -0.39 is 0 Å². The number of aromatic nitrogens is 1. The number of nitrogens with zero attached hydrogens (tertiary/aromatic N) is 3. The van der Waals surface area contributed by atoms with Crippen molar-refractivity contribution in [2.45, 2.75) is 20.3 Å². The van der Waals surface area contributed by atoms with Crippen molar-refractivity contribution in [1.29, 1.82) is 0 Å². The van der Waals surface area contributed by atoms with E-state index in [1.165, 1.54) is 22.5 Å². The Morgan fingerprint density at radius 3 is 2.31 bits per heavy atom. The molecular weight excluding hydrogens is 466 g/mol. The summed E-state index contributed by atoms with van der Waals surface area (Å²) in [7, 11) is 4.64. The van der Waals surface area contributed by atoms with E-state index in [9.17, 15) is 4.79 Å². The van der Waals surface area contributed by atoms with Crippen molar-refractivity contribution in [1.82, 2.24) is 9.88 Å². The summed E-state index contributed by atoms with van der Waals surface area (Å²) in [6.45, 7) is 8.96. The number of benzene rings is 2. The molecular formula is C26H33N3O5S. The van der Waals surface area contributed by atoms with Crippen molar-refractivity contribution in [3.05, 3.63) is 41.0 Å². The summed E-state index contributed by atoms with van der Waals surface area (Å²) in [5, 5.41) is 0.686. The molecule has 8 nitrogen and oxygen atoms in total. The zero-order valence-corrected chi connectivity index (χ0v) is 21.9. The number of fused-ring (bicyclic) bond motifs is 1. The van der Waals surface area contributed by atoms with E-state index in [4.69, 9.17) is 23.9 Å². The molecule has 0 unspecified atom stereocenters. The van der Waals surface area contributed by atoms with E-state index in [1.54, 1.807) is 38.4 Å². The maximum absolute atomic E-state index is 13.9. The molecule has 1 amide bonds. The molecule has 3 aromatic rings. The van der Waals surface area contributed by atoms with E-state index >= 15 is 0 Å². The number of morpholine rings is 1. The van der Waals surface area contributed by atoms with Crippen LogP contribution in [0.1, 0.15) is 27.9 Å². The quantitative estimate of drug-likeness (QED) is 0.434. The fourth-order valence-electron chi connectivity index (χ4n) is 4.20. The van der Waals surface area contributed by atoms with Gasteiger partial charge in [0.25, 0.3) is 5.91 Å². The minimum atomic E-state index is -0.154. The Labute approximate surface area is 210 Å². The topological polar surface area (TPSA) is 73.4 Å². The summed E-state index contributed by atoms with van der Waals surface area (Å²) in [6, 6.07) is 7.61. The van der Waals surface area contributed by atoms with E-state index in [0.717, 1.165) is 49.5 Å². The van der Waals surface area contributed by atoms with Crippen LogP contribution in [0.4, 0.5) is 5.13 Å². The fraction of sp³-hybridized carbons (Fsp3) is 0.462. The third-order valence-corrected chi connectivity index (χ3v) is 7.38. The monoisotopic (exact) mass is 499 g/mol. The van der Waals surface area contributed by atoms with Gasteiger partial charge in [0.15, 0.2) is 16.6 Å². The first-order valence-corrected chi connectivity index (χ1v) is 12.6. The number of aryl methyl sites for hydroxylation is 2. The highest BCUT2D eigenvalue weighted by Crippen LogP contribution is 2.39. The Kier molecular flexibility index (Phi) is 8.10. The zero-order valence-electron chi connectivity index (χ0n) is 21.1. The summed E-state index contributed by atoms with van der Waals surface area (Å²) in [5.74, 6) is 1.19.